The topological polar surface area (TPSA) is 63.4 Å². The van der Waals surface area contributed by atoms with Crippen molar-refractivity contribution in [3.63, 3.8) is 0 Å². The molecule has 0 saturated heterocycles. The normalized spacial score (nSPS) is 12.4. The third kappa shape index (κ3) is 3.47. The molecule has 1 aromatic rings. The molecule has 0 bridgehead atoms. The second-order valence-electron chi connectivity index (χ2n) is 3.68. The average molecular weight is 244 g/mol. The van der Waals surface area contributed by atoms with Crippen molar-refractivity contribution in [2.24, 2.45) is 0 Å². The first-order chi connectivity index (χ1) is 7.54. The Kier molecular flexibility index (Phi) is 4.71. The molecule has 5 heteroatoms. The molecule has 1 unspecified atom stereocenters. The highest BCUT2D eigenvalue weighted by Gasteiger charge is 2.16. The Balaban J connectivity index is 2.90. The van der Waals surface area contributed by atoms with Crippen molar-refractivity contribution in [3.05, 3.63) is 38.9 Å². The van der Waals surface area contributed by atoms with E-state index in [2.05, 4.69) is 0 Å². The van der Waals surface area contributed by atoms with E-state index in [4.69, 9.17) is 11.6 Å². The van der Waals surface area contributed by atoms with Gasteiger partial charge in [0.1, 0.15) is 0 Å². The monoisotopic (exact) mass is 243 g/mol. The zero-order valence-corrected chi connectivity index (χ0v) is 9.78. The molecule has 0 aliphatic carbocycles. The molecule has 0 radical (unpaired) electrons. The van der Waals surface area contributed by atoms with Gasteiger partial charge in [0, 0.05) is 23.1 Å². The maximum atomic E-state index is 10.8. The van der Waals surface area contributed by atoms with Crippen LogP contribution < -0.4 is 0 Å². The second kappa shape index (κ2) is 5.82. The van der Waals surface area contributed by atoms with E-state index in [-0.39, 0.29) is 5.69 Å². The molecule has 0 aliphatic heterocycles. The minimum Gasteiger partial charge on any atom is -0.393 e. The van der Waals surface area contributed by atoms with E-state index in [0.29, 0.717) is 23.4 Å². The number of aliphatic hydroxyl groups excluding tert-OH is 1. The molecule has 1 atom stereocenters. The predicted molar refractivity (Wildman–Crippen MR) is 62.7 cm³/mol. The average Bonchev–Trinajstić information content (AvgIpc) is 2.20. The van der Waals surface area contributed by atoms with Gasteiger partial charge in [-0.05, 0) is 12.5 Å². The lowest BCUT2D eigenvalue weighted by atomic mass is 10.0. The molecule has 88 valence electrons. The summed E-state index contributed by atoms with van der Waals surface area (Å²) < 4.78 is 0. The fraction of sp³-hybridized carbons (Fsp3) is 0.455. The number of rotatable bonds is 5. The summed E-state index contributed by atoms with van der Waals surface area (Å²) in [6.07, 6.45) is 1.24. The number of benzene rings is 1. The van der Waals surface area contributed by atoms with E-state index in [9.17, 15) is 15.2 Å². The number of aliphatic hydroxyl groups is 1. The highest BCUT2D eigenvalue weighted by molar-refractivity contribution is 6.30. The number of halogens is 1. The summed E-state index contributed by atoms with van der Waals surface area (Å²) in [5.74, 6) is 0. The van der Waals surface area contributed by atoms with Gasteiger partial charge in [0.15, 0.2) is 0 Å². The van der Waals surface area contributed by atoms with E-state index >= 15 is 0 Å². The van der Waals surface area contributed by atoms with Crippen LogP contribution in [0.25, 0.3) is 0 Å². The first-order valence-corrected chi connectivity index (χ1v) is 5.53. The van der Waals surface area contributed by atoms with Gasteiger partial charge in [-0.1, -0.05) is 31.0 Å². The number of nitro groups is 1. The van der Waals surface area contributed by atoms with Gasteiger partial charge in [-0.15, -0.1) is 0 Å². The highest BCUT2D eigenvalue weighted by atomic mass is 35.5. The number of hydrogen-bond donors (Lipinski definition) is 1. The Morgan fingerprint density at radius 3 is 2.81 bits per heavy atom. The summed E-state index contributed by atoms with van der Waals surface area (Å²) in [5, 5.41) is 20.7. The van der Waals surface area contributed by atoms with Crippen LogP contribution in [0.3, 0.4) is 0 Å². The minimum absolute atomic E-state index is 0.0253. The van der Waals surface area contributed by atoms with Gasteiger partial charge in [-0.3, -0.25) is 10.1 Å². The van der Waals surface area contributed by atoms with Gasteiger partial charge in [0.25, 0.3) is 5.69 Å². The summed E-state index contributed by atoms with van der Waals surface area (Å²) >= 11 is 5.69. The van der Waals surface area contributed by atoms with Crippen LogP contribution in [0.5, 0.6) is 0 Å². The van der Waals surface area contributed by atoms with Crippen LogP contribution in [0.4, 0.5) is 5.69 Å². The molecule has 0 heterocycles. The molecule has 0 spiro atoms. The van der Waals surface area contributed by atoms with E-state index in [1.165, 1.54) is 6.07 Å². The fourth-order valence-corrected chi connectivity index (χ4v) is 1.74. The van der Waals surface area contributed by atoms with Gasteiger partial charge >= 0.3 is 0 Å². The van der Waals surface area contributed by atoms with Gasteiger partial charge in [0.2, 0.25) is 0 Å². The number of hydrogen-bond acceptors (Lipinski definition) is 3. The van der Waals surface area contributed by atoms with Crippen molar-refractivity contribution in [1.29, 1.82) is 0 Å². The van der Waals surface area contributed by atoms with E-state index in [1.807, 2.05) is 6.92 Å². The van der Waals surface area contributed by atoms with Crippen molar-refractivity contribution in [1.82, 2.24) is 0 Å². The zero-order valence-electron chi connectivity index (χ0n) is 9.02. The Bertz CT molecular complexity index is 381. The van der Waals surface area contributed by atoms with E-state index in [0.717, 1.165) is 6.42 Å². The molecule has 0 amide bonds. The number of nitrogens with zero attached hydrogens (tertiary/aromatic N) is 1. The summed E-state index contributed by atoms with van der Waals surface area (Å²) in [6.45, 7) is 1.96. The van der Waals surface area contributed by atoms with Gasteiger partial charge < -0.3 is 5.11 Å². The largest absolute Gasteiger partial charge is 0.393 e. The fourth-order valence-electron chi connectivity index (χ4n) is 1.57. The first kappa shape index (κ1) is 12.9. The summed E-state index contributed by atoms with van der Waals surface area (Å²) in [5.41, 5.74) is 0.498. The van der Waals surface area contributed by atoms with Gasteiger partial charge in [-0.2, -0.15) is 0 Å². The smallest absolute Gasteiger partial charge is 0.274 e. The van der Waals surface area contributed by atoms with Crippen molar-refractivity contribution in [2.45, 2.75) is 32.3 Å². The SMILES string of the molecule is CCCC(O)Cc1ccc(Cl)cc1[N+](=O)[O-]. The van der Waals surface area contributed by atoms with Crippen molar-refractivity contribution >= 4 is 17.3 Å². The van der Waals surface area contributed by atoms with Crippen LogP contribution in [-0.4, -0.2) is 16.1 Å². The van der Waals surface area contributed by atoms with E-state index < -0.39 is 11.0 Å². The van der Waals surface area contributed by atoms with E-state index in [1.54, 1.807) is 12.1 Å². The van der Waals surface area contributed by atoms with Crippen molar-refractivity contribution in [3.8, 4) is 0 Å². The lowest BCUT2D eigenvalue weighted by Crippen LogP contribution is -2.11. The molecule has 16 heavy (non-hydrogen) atoms. The van der Waals surface area contributed by atoms with Crippen LogP contribution in [0.15, 0.2) is 18.2 Å². The maximum absolute atomic E-state index is 10.8. The first-order valence-electron chi connectivity index (χ1n) is 5.15. The lowest BCUT2D eigenvalue weighted by molar-refractivity contribution is -0.385. The summed E-state index contributed by atoms with van der Waals surface area (Å²) in [7, 11) is 0. The minimum atomic E-state index is -0.537. The molecular formula is C11H14ClNO3. The van der Waals surface area contributed by atoms with Crippen LogP contribution in [0.1, 0.15) is 25.3 Å². The molecule has 1 rings (SSSR count). The Morgan fingerprint density at radius 2 is 2.25 bits per heavy atom. The molecule has 1 aromatic carbocycles. The Hall–Kier alpha value is -1.13. The predicted octanol–water partition coefficient (Wildman–Crippen LogP) is 2.95. The lowest BCUT2D eigenvalue weighted by Gasteiger charge is -2.09. The zero-order chi connectivity index (χ0) is 12.1. The molecule has 4 nitrogen and oxygen atoms in total. The Labute approximate surface area is 99.0 Å². The second-order valence-corrected chi connectivity index (χ2v) is 4.11. The van der Waals surface area contributed by atoms with Crippen LogP contribution in [0, 0.1) is 10.1 Å². The molecule has 0 aromatic heterocycles. The van der Waals surface area contributed by atoms with Crippen molar-refractivity contribution < 1.29 is 10.0 Å². The molecule has 1 N–H and O–H groups in total. The quantitative estimate of drug-likeness (QED) is 0.639. The molecule has 0 saturated carbocycles. The third-order valence-electron chi connectivity index (χ3n) is 2.32. The number of nitro benzene ring substituents is 1. The maximum Gasteiger partial charge on any atom is 0.274 e. The summed E-state index contributed by atoms with van der Waals surface area (Å²) in [6, 6.07) is 4.51. The van der Waals surface area contributed by atoms with Crippen molar-refractivity contribution in [2.75, 3.05) is 0 Å². The molecule has 0 aliphatic rings. The highest BCUT2D eigenvalue weighted by Crippen LogP contribution is 2.24. The van der Waals surface area contributed by atoms with Gasteiger partial charge in [-0.25, -0.2) is 0 Å². The standard InChI is InChI=1S/C11H14ClNO3/c1-2-3-10(14)6-8-4-5-9(12)7-11(8)13(15)16/h4-5,7,10,14H,2-3,6H2,1H3. The van der Waals surface area contributed by atoms with Crippen LogP contribution >= 0.6 is 11.6 Å². The molecule has 0 fully saturated rings. The van der Waals surface area contributed by atoms with Crippen LogP contribution in [-0.2, 0) is 6.42 Å². The third-order valence-corrected chi connectivity index (χ3v) is 2.56. The van der Waals surface area contributed by atoms with Crippen LogP contribution in [0.2, 0.25) is 5.02 Å². The molecular weight excluding hydrogens is 230 g/mol. The van der Waals surface area contributed by atoms with Gasteiger partial charge in [0.05, 0.1) is 11.0 Å². The Morgan fingerprint density at radius 1 is 1.56 bits per heavy atom. The summed E-state index contributed by atoms with van der Waals surface area (Å²) in [4.78, 5) is 10.3.